The molecule has 0 amide bonds. The highest BCUT2D eigenvalue weighted by Crippen LogP contribution is 2.44. The minimum absolute atomic E-state index is 0.0156. The van der Waals surface area contributed by atoms with Crippen LogP contribution in [0, 0.1) is 5.82 Å². The van der Waals surface area contributed by atoms with Gasteiger partial charge in [-0.3, -0.25) is 4.72 Å². The molecule has 2 aromatic carbocycles. The number of anilines is 1. The summed E-state index contributed by atoms with van der Waals surface area (Å²) in [6.45, 7) is 3.66. The number of carboxylic acids is 1. The summed E-state index contributed by atoms with van der Waals surface area (Å²) in [6, 6.07) is 6.74. The zero-order chi connectivity index (χ0) is 24.6. The quantitative estimate of drug-likeness (QED) is 0.566. The van der Waals surface area contributed by atoms with Gasteiger partial charge in [0.05, 0.1) is 16.7 Å². The number of rotatable bonds is 8. The van der Waals surface area contributed by atoms with Crippen molar-refractivity contribution in [1.29, 1.82) is 0 Å². The number of hydrogen-bond acceptors (Lipinski definition) is 6. The predicted molar refractivity (Wildman–Crippen MR) is 127 cm³/mol. The fourth-order valence-electron chi connectivity index (χ4n) is 5.38. The molecule has 0 aromatic heterocycles. The van der Waals surface area contributed by atoms with Crippen molar-refractivity contribution >= 4 is 21.7 Å². The van der Waals surface area contributed by atoms with Crippen LogP contribution < -0.4 is 9.46 Å². The van der Waals surface area contributed by atoms with Gasteiger partial charge in [-0.05, 0) is 81.6 Å². The van der Waals surface area contributed by atoms with Crippen molar-refractivity contribution < 1.29 is 32.2 Å². The second kappa shape index (κ2) is 9.75. The molecule has 0 unspecified atom stereocenters. The number of nitrogens with zero attached hydrogens (tertiary/aromatic N) is 1. The zero-order valence-corrected chi connectivity index (χ0v) is 20.2. The van der Waals surface area contributed by atoms with Crippen molar-refractivity contribution in [2.75, 3.05) is 37.6 Å². The Morgan fingerprint density at radius 1 is 1.20 bits per heavy atom. The Hall–Kier alpha value is -2.69. The Morgan fingerprint density at radius 3 is 2.77 bits per heavy atom. The van der Waals surface area contributed by atoms with E-state index in [1.807, 2.05) is 0 Å². The summed E-state index contributed by atoms with van der Waals surface area (Å²) < 4.78 is 54.6. The lowest BCUT2D eigenvalue weighted by atomic mass is 9.88. The van der Waals surface area contributed by atoms with Gasteiger partial charge in [-0.1, -0.05) is 6.07 Å². The van der Waals surface area contributed by atoms with E-state index in [1.165, 1.54) is 18.2 Å². The number of hydrogen-bond donors (Lipinski definition) is 2. The summed E-state index contributed by atoms with van der Waals surface area (Å²) in [4.78, 5) is 14.4. The van der Waals surface area contributed by atoms with E-state index in [1.54, 1.807) is 6.07 Å². The first-order valence-electron chi connectivity index (χ1n) is 12.0. The largest absolute Gasteiger partial charge is 0.490 e. The van der Waals surface area contributed by atoms with Crippen LogP contribution in [-0.4, -0.2) is 63.3 Å². The molecule has 2 N–H and O–H groups in total. The van der Waals surface area contributed by atoms with E-state index >= 15 is 0 Å². The molecule has 10 heteroatoms. The lowest BCUT2D eigenvalue weighted by Gasteiger charge is -2.29. The molecular weight excluding hydrogens is 475 g/mol. The normalized spacial score (nSPS) is 21.9. The van der Waals surface area contributed by atoms with Gasteiger partial charge in [0.1, 0.15) is 23.7 Å². The molecule has 0 aliphatic carbocycles. The molecule has 0 spiro atoms. The van der Waals surface area contributed by atoms with Gasteiger partial charge in [-0.25, -0.2) is 17.6 Å². The molecular formula is C25H29FN2O6S. The molecule has 2 aromatic rings. The van der Waals surface area contributed by atoms with Crippen LogP contribution in [-0.2, 0) is 21.2 Å². The van der Waals surface area contributed by atoms with E-state index in [9.17, 15) is 22.7 Å². The molecule has 188 valence electrons. The van der Waals surface area contributed by atoms with Crippen LogP contribution in [0.15, 0.2) is 35.2 Å². The minimum atomic E-state index is -4.18. The molecule has 8 nitrogen and oxygen atoms in total. The number of aromatic carboxylic acids is 1. The molecule has 3 aliphatic heterocycles. The molecule has 35 heavy (non-hydrogen) atoms. The second-order valence-corrected chi connectivity index (χ2v) is 11.0. The maximum atomic E-state index is 14.0. The number of benzene rings is 2. The SMILES string of the molecule is O=C(O)c1c(NS(=O)(=O)c2ccc(F)cc2CCCN2CCCC2)ccc2c1OC[C@@H]1OCC[C@H]21. The topological polar surface area (TPSA) is 105 Å². The first-order chi connectivity index (χ1) is 16.8. The van der Waals surface area contributed by atoms with Gasteiger partial charge in [-0.15, -0.1) is 0 Å². The number of halogens is 1. The fraction of sp³-hybridized carbons (Fsp3) is 0.480. The monoisotopic (exact) mass is 504 g/mol. The molecule has 0 bridgehead atoms. The maximum Gasteiger partial charge on any atom is 0.341 e. The molecule has 2 fully saturated rings. The number of fused-ring (bicyclic) bond motifs is 3. The number of carboxylic acid groups (broad SMARTS) is 1. The van der Waals surface area contributed by atoms with Crippen molar-refractivity contribution in [1.82, 2.24) is 4.90 Å². The highest BCUT2D eigenvalue weighted by Gasteiger charge is 2.39. The van der Waals surface area contributed by atoms with Crippen LogP contribution in [0.4, 0.5) is 10.1 Å². The van der Waals surface area contributed by atoms with E-state index < -0.39 is 21.8 Å². The Balaban J connectivity index is 1.43. The van der Waals surface area contributed by atoms with Crippen LogP contribution in [0.5, 0.6) is 5.75 Å². The van der Waals surface area contributed by atoms with Gasteiger partial charge in [-0.2, -0.15) is 0 Å². The zero-order valence-electron chi connectivity index (χ0n) is 19.3. The van der Waals surface area contributed by atoms with Crippen LogP contribution in [0.3, 0.4) is 0 Å². The van der Waals surface area contributed by atoms with Crippen LogP contribution in [0.25, 0.3) is 0 Å². The number of likely N-dealkylation sites (tertiary alicyclic amines) is 1. The average molecular weight is 505 g/mol. The van der Waals surface area contributed by atoms with E-state index in [0.717, 1.165) is 45.0 Å². The van der Waals surface area contributed by atoms with Crippen LogP contribution in [0.1, 0.15) is 53.1 Å². The van der Waals surface area contributed by atoms with Gasteiger partial charge >= 0.3 is 5.97 Å². The summed E-state index contributed by atoms with van der Waals surface area (Å²) in [5, 5.41) is 9.94. The van der Waals surface area contributed by atoms with Crippen molar-refractivity contribution in [3.05, 3.63) is 52.8 Å². The third-order valence-corrected chi connectivity index (χ3v) is 8.54. The van der Waals surface area contributed by atoms with Gasteiger partial charge in [0.2, 0.25) is 0 Å². The van der Waals surface area contributed by atoms with Gasteiger partial charge in [0, 0.05) is 18.1 Å². The third-order valence-electron chi connectivity index (χ3n) is 7.08. The first kappa shape index (κ1) is 24.0. The Kier molecular flexibility index (Phi) is 6.69. The number of nitrogens with one attached hydrogen (secondary N) is 1. The summed E-state index contributed by atoms with van der Waals surface area (Å²) >= 11 is 0. The summed E-state index contributed by atoms with van der Waals surface area (Å²) in [5.74, 6) is -1.61. The van der Waals surface area contributed by atoms with Gasteiger partial charge in [0.25, 0.3) is 10.0 Å². The summed E-state index contributed by atoms with van der Waals surface area (Å²) in [6.07, 6.45) is 4.04. The predicted octanol–water partition coefficient (Wildman–Crippen LogP) is 3.62. The van der Waals surface area contributed by atoms with Crippen molar-refractivity contribution in [2.24, 2.45) is 0 Å². The standard InChI is InChI=1S/C25H29FN2O6S/c26-17-5-8-22(16(14-17)4-3-12-28-10-1-2-11-28)35(31,32)27-20-7-6-19-18-9-13-33-21(18)15-34-24(19)23(20)25(29)30/h5-8,14,18,21,27H,1-4,9-13,15H2,(H,29,30)/t18-,21+/m1/s1. The lowest BCUT2D eigenvalue weighted by molar-refractivity contribution is 0.0484. The molecule has 0 saturated carbocycles. The van der Waals surface area contributed by atoms with Crippen LogP contribution in [0.2, 0.25) is 0 Å². The molecule has 3 aliphatic rings. The van der Waals surface area contributed by atoms with Gasteiger partial charge < -0.3 is 19.5 Å². The van der Waals surface area contributed by atoms with Crippen molar-refractivity contribution in [3.63, 3.8) is 0 Å². The smallest absolute Gasteiger partial charge is 0.341 e. The Morgan fingerprint density at radius 2 is 2.00 bits per heavy atom. The Bertz CT molecular complexity index is 1230. The summed E-state index contributed by atoms with van der Waals surface area (Å²) in [5.41, 5.74) is 0.771. The lowest BCUT2D eigenvalue weighted by Crippen LogP contribution is -2.29. The number of sulfonamides is 1. The minimum Gasteiger partial charge on any atom is -0.490 e. The van der Waals surface area contributed by atoms with Gasteiger partial charge in [0.15, 0.2) is 0 Å². The van der Waals surface area contributed by atoms with E-state index in [4.69, 9.17) is 9.47 Å². The Labute approximate surface area is 204 Å². The van der Waals surface area contributed by atoms with E-state index in [2.05, 4.69) is 9.62 Å². The van der Waals surface area contributed by atoms with Crippen molar-refractivity contribution in [3.8, 4) is 5.75 Å². The van der Waals surface area contributed by atoms with E-state index in [0.29, 0.717) is 30.6 Å². The number of ether oxygens (including phenoxy) is 2. The number of carbonyl (C=O) groups is 1. The average Bonchev–Trinajstić information content (AvgIpc) is 3.50. The molecule has 5 rings (SSSR count). The second-order valence-electron chi connectivity index (χ2n) is 9.34. The van der Waals surface area contributed by atoms with E-state index in [-0.39, 0.29) is 40.5 Å². The molecule has 2 atom stereocenters. The van der Waals surface area contributed by atoms with Crippen molar-refractivity contribution in [2.45, 2.75) is 49.0 Å². The molecule has 2 saturated heterocycles. The highest BCUT2D eigenvalue weighted by atomic mass is 32.2. The highest BCUT2D eigenvalue weighted by molar-refractivity contribution is 7.92. The maximum absolute atomic E-state index is 14.0. The summed E-state index contributed by atoms with van der Waals surface area (Å²) in [7, 11) is -4.18. The van der Waals surface area contributed by atoms with Crippen LogP contribution >= 0.6 is 0 Å². The third kappa shape index (κ3) is 4.87. The molecule has 3 heterocycles. The first-order valence-corrected chi connectivity index (χ1v) is 13.5. The number of aryl methyl sites for hydroxylation is 1. The molecule has 0 radical (unpaired) electrons. The fourth-order valence-corrected chi connectivity index (χ4v) is 6.71.